The molecule has 1 N–H and O–H groups in total. The van der Waals surface area contributed by atoms with Crippen LogP contribution in [0.25, 0.3) is 0 Å². The Bertz CT molecular complexity index is 937. The van der Waals surface area contributed by atoms with Crippen LogP contribution in [0.2, 0.25) is 0 Å². The zero-order valence-electron chi connectivity index (χ0n) is 16.1. The van der Waals surface area contributed by atoms with Crippen molar-refractivity contribution in [2.75, 3.05) is 24.5 Å². The van der Waals surface area contributed by atoms with E-state index in [0.29, 0.717) is 24.4 Å². The Balaban J connectivity index is 1.25. The van der Waals surface area contributed by atoms with Crippen LogP contribution in [0.4, 0.5) is 9.52 Å². The van der Waals surface area contributed by atoms with Crippen molar-refractivity contribution < 1.29 is 9.18 Å². The molecule has 29 heavy (non-hydrogen) atoms. The van der Waals surface area contributed by atoms with Gasteiger partial charge in [-0.25, -0.2) is 9.37 Å². The zero-order valence-corrected chi connectivity index (χ0v) is 16.9. The van der Waals surface area contributed by atoms with Crippen molar-refractivity contribution in [3.05, 3.63) is 77.4 Å². The first-order valence-corrected chi connectivity index (χ1v) is 10.6. The lowest BCUT2D eigenvalue weighted by Crippen LogP contribution is -2.38. The largest absolute Gasteiger partial charge is 0.352 e. The molecule has 1 saturated heterocycles. The maximum absolute atomic E-state index is 13.0. The van der Waals surface area contributed by atoms with E-state index < -0.39 is 0 Å². The van der Waals surface area contributed by atoms with E-state index in [-0.39, 0.29) is 11.7 Å². The standard InChI is InChI=1S/C22H23FN4OS/c23-19-8-6-16(7-9-19)14-20-25-22(29-26-20)27-12-10-17(11-13-27)15-24-21(28)18-4-2-1-3-5-18/h1-9,17H,10-15H2,(H,24,28). The molecular formula is C22H23FN4OS. The Kier molecular flexibility index (Phi) is 6.14. The highest BCUT2D eigenvalue weighted by Crippen LogP contribution is 2.25. The van der Waals surface area contributed by atoms with Crippen molar-refractivity contribution in [2.24, 2.45) is 5.92 Å². The molecule has 1 aromatic heterocycles. The molecule has 0 radical (unpaired) electrons. The molecule has 7 heteroatoms. The number of nitrogens with one attached hydrogen (secondary N) is 1. The summed E-state index contributed by atoms with van der Waals surface area (Å²) in [7, 11) is 0. The molecule has 0 aliphatic carbocycles. The molecule has 5 nitrogen and oxygen atoms in total. The topological polar surface area (TPSA) is 58.1 Å². The van der Waals surface area contributed by atoms with Crippen LogP contribution in [0.3, 0.4) is 0 Å². The Morgan fingerprint density at radius 1 is 1.10 bits per heavy atom. The minimum Gasteiger partial charge on any atom is -0.352 e. The highest BCUT2D eigenvalue weighted by molar-refractivity contribution is 7.09. The van der Waals surface area contributed by atoms with Gasteiger partial charge >= 0.3 is 0 Å². The van der Waals surface area contributed by atoms with Crippen LogP contribution in [-0.4, -0.2) is 34.9 Å². The monoisotopic (exact) mass is 410 g/mol. The Morgan fingerprint density at radius 2 is 1.83 bits per heavy atom. The molecule has 1 amide bonds. The van der Waals surface area contributed by atoms with E-state index in [2.05, 4.69) is 19.6 Å². The number of rotatable bonds is 6. The van der Waals surface area contributed by atoms with Gasteiger partial charge in [0.05, 0.1) is 0 Å². The van der Waals surface area contributed by atoms with Crippen LogP contribution in [0.5, 0.6) is 0 Å². The van der Waals surface area contributed by atoms with Crippen LogP contribution in [0.15, 0.2) is 54.6 Å². The molecular weight excluding hydrogens is 387 g/mol. The Morgan fingerprint density at radius 3 is 2.55 bits per heavy atom. The van der Waals surface area contributed by atoms with Gasteiger partial charge in [-0.3, -0.25) is 4.79 Å². The van der Waals surface area contributed by atoms with Crippen LogP contribution in [0, 0.1) is 11.7 Å². The van der Waals surface area contributed by atoms with E-state index in [4.69, 9.17) is 0 Å². The van der Waals surface area contributed by atoms with Crippen molar-refractivity contribution in [3.63, 3.8) is 0 Å². The van der Waals surface area contributed by atoms with E-state index in [9.17, 15) is 9.18 Å². The Labute approximate surface area is 173 Å². The van der Waals surface area contributed by atoms with Gasteiger partial charge < -0.3 is 10.2 Å². The van der Waals surface area contributed by atoms with E-state index >= 15 is 0 Å². The maximum Gasteiger partial charge on any atom is 0.251 e. The molecule has 2 heterocycles. The van der Waals surface area contributed by atoms with Gasteiger partial charge in [-0.1, -0.05) is 30.3 Å². The van der Waals surface area contributed by atoms with Crippen molar-refractivity contribution in [1.29, 1.82) is 0 Å². The van der Waals surface area contributed by atoms with Crippen molar-refractivity contribution in [2.45, 2.75) is 19.3 Å². The van der Waals surface area contributed by atoms with Gasteiger partial charge in [0.1, 0.15) is 11.6 Å². The number of amides is 1. The van der Waals surface area contributed by atoms with Gasteiger partial charge in [-0.2, -0.15) is 4.37 Å². The molecule has 3 aromatic rings. The second-order valence-corrected chi connectivity index (χ2v) is 8.03. The van der Waals surface area contributed by atoms with E-state index in [1.165, 1.54) is 23.7 Å². The van der Waals surface area contributed by atoms with Gasteiger partial charge in [-0.05, 0) is 48.6 Å². The summed E-state index contributed by atoms with van der Waals surface area (Å²) in [6.07, 6.45) is 2.64. The van der Waals surface area contributed by atoms with Crippen molar-refractivity contribution in [1.82, 2.24) is 14.7 Å². The first kappa shape index (κ1) is 19.5. The maximum atomic E-state index is 13.0. The predicted octanol–water partition coefficient (Wildman–Crippen LogP) is 3.91. The number of nitrogens with zero attached hydrogens (tertiary/aromatic N) is 3. The van der Waals surface area contributed by atoms with Crippen LogP contribution in [-0.2, 0) is 6.42 Å². The summed E-state index contributed by atoms with van der Waals surface area (Å²) >= 11 is 1.42. The summed E-state index contributed by atoms with van der Waals surface area (Å²) in [5.41, 5.74) is 1.70. The lowest BCUT2D eigenvalue weighted by atomic mass is 9.97. The van der Waals surface area contributed by atoms with Gasteiger partial charge in [-0.15, -0.1) is 0 Å². The molecule has 1 fully saturated rings. The van der Waals surface area contributed by atoms with Crippen LogP contribution < -0.4 is 10.2 Å². The molecule has 1 aliphatic heterocycles. The summed E-state index contributed by atoms with van der Waals surface area (Å²) in [5.74, 6) is 1.01. The van der Waals surface area contributed by atoms with Crippen molar-refractivity contribution in [3.8, 4) is 0 Å². The summed E-state index contributed by atoms with van der Waals surface area (Å²) in [6, 6.07) is 15.8. The number of anilines is 1. The van der Waals surface area contributed by atoms with Crippen LogP contribution in [0.1, 0.15) is 34.6 Å². The number of hydrogen-bond acceptors (Lipinski definition) is 5. The van der Waals surface area contributed by atoms with E-state index in [1.54, 1.807) is 12.1 Å². The quantitative estimate of drug-likeness (QED) is 0.669. The number of aromatic nitrogens is 2. The second-order valence-electron chi connectivity index (χ2n) is 7.30. The molecule has 0 bridgehead atoms. The van der Waals surface area contributed by atoms with E-state index in [0.717, 1.165) is 42.5 Å². The molecule has 0 saturated carbocycles. The smallest absolute Gasteiger partial charge is 0.251 e. The highest BCUT2D eigenvalue weighted by Gasteiger charge is 2.22. The molecule has 0 atom stereocenters. The number of halogens is 1. The summed E-state index contributed by atoms with van der Waals surface area (Å²) in [6.45, 7) is 2.53. The summed E-state index contributed by atoms with van der Waals surface area (Å²) in [4.78, 5) is 19.1. The molecule has 0 spiro atoms. The first-order valence-electron chi connectivity index (χ1n) is 9.82. The Hall–Kier alpha value is -2.80. The fourth-order valence-corrected chi connectivity index (χ4v) is 4.22. The minimum atomic E-state index is -0.233. The number of carbonyl (C=O) groups excluding carboxylic acids is 1. The fraction of sp³-hybridized carbons (Fsp3) is 0.318. The first-order chi connectivity index (χ1) is 14.2. The van der Waals surface area contributed by atoms with Gasteiger partial charge in [0.15, 0.2) is 0 Å². The summed E-state index contributed by atoms with van der Waals surface area (Å²) < 4.78 is 17.5. The number of benzene rings is 2. The molecule has 4 rings (SSSR count). The molecule has 1 aliphatic rings. The number of piperidine rings is 1. The molecule has 150 valence electrons. The molecule has 2 aromatic carbocycles. The average Bonchev–Trinajstić information content (AvgIpc) is 3.23. The number of hydrogen-bond donors (Lipinski definition) is 1. The van der Waals surface area contributed by atoms with E-state index in [1.807, 2.05) is 30.3 Å². The highest BCUT2D eigenvalue weighted by atomic mass is 32.1. The fourth-order valence-electron chi connectivity index (χ4n) is 3.49. The third-order valence-corrected chi connectivity index (χ3v) is 6.02. The third-order valence-electron chi connectivity index (χ3n) is 5.21. The third kappa shape index (κ3) is 5.17. The van der Waals surface area contributed by atoms with Gasteiger partial charge in [0, 0.05) is 43.2 Å². The van der Waals surface area contributed by atoms with Crippen LogP contribution >= 0.6 is 11.5 Å². The lowest BCUT2D eigenvalue weighted by molar-refractivity contribution is 0.0945. The zero-order chi connectivity index (χ0) is 20.1. The SMILES string of the molecule is O=C(NCC1CCN(c2nc(Cc3ccc(F)cc3)ns2)CC1)c1ccccc1. The summed E-state index contributed by atoms with van der Waals surface area (Å²) in [5, 5.41) is 3.99. The predicted molar refractivity (Wildman–Crippen MR) is 113 cm³/mol. The second kappa shape index (κ2) is 9.13. The average molecular weight is 411 g/mol. The van der Waals surface area contributed by atoms with Crippen molar-refractivity contribution >= 4 is 22.6 Å². The lowest BCUT2D eigenvalue weighted by Gasteiger charge is -2.31. The van der Waals surface area contributed by atoms with Gasteiger partial charge in [0.25, 0.3) is 5.91 Å². The van der Waals surface area contributed by atoms with Gasteiger partial charge in [0.2, 0.25) is 5.13 Å². The normalized spacial score (nSPS) is 14.7. The molecule has 0 unspecified atom stereocenters. The number of carbonyl (C=O) groups is 1. The minimum absolute atomic E-state index is 0.0115.